The molecule has 15 heavy (non-hydrogen) atoms. The molecule has 1 amide bonds. The van der Waals surface area contributed by atoms with E-state index in [1.165, 1.54) is 0 Å². The highest BCUT2D eigenvalue weighted by molar-refractivity contribution is 5.80. The predicted molar refractivity (Wildman–Crippen MR) is 57.1 cm³/mol. The lowest BCUT2D eigenvalue weighted by atomic mass is 10.0. The number of amides is 1. The Kier molecular flexibility index (Phi) is 2.44. The Bertz CT molecular complexity index is 374. The van der Waals surface area contributed by atoms with Crippen LogP contribution in [-0.2, 0) is 4.79 Å². The molecule has 0 spiro atoms. The van der Waals surface area contributed by atoms with E-state index in [1.54, 1.807) is 18.1 Å². The summed E-state index contributed by atoms with van der Waals surface area (Å²) in [5, 5.41) is 0. The Balaban J connectivity index is 2.30. The van der Waals surface area contributed by atoms with Gasteiger partial charge in [-0.1, -0.05) is 6.07 Å². The van der Waals surface area contributed by atoms with Crippen LogP contribution in [0, 0.1) is 6.92 Å². The molecule has 0 radical (unpaired) electrons. The highest BCUT2D eigenvalue weighted by Gasteiger charge is 2.36. The largest absolute Gasteiger partial charge is 0.337 e. The van der Waals surface area contributed by atoms with Crippen LogP contribution in [0.3, 0.4) is 0 Å². The number of carbonyl (C=O) groups is 1. The van der Waals surface area contributed by atoms with Gasteiger partial charge in [0.25, 0.3) is 0 Å². The molecule has 1 aliphatic rings. The summed E-state index contributed by atoms with van der Waals surface area (Å²) in [7, 11) is 1.79. The van der Waals surface area contributed by atoms with E-state index in [-0.39, 0.29) is 18.0 Å². The minimum Gasteiger partial charge on any atom is -0.337 e. The van der Waals surface area contributed by atoms with Crippen LogP contribution >= 0.6 is 0 Å². The van der Waals surface area contributed by atoms with Gasteiger partial charge in [0.15, 0.2) is 0 Å². The number of carbonyl (C=O) groups excluding carboxylic acids is 1. The number of nitrogens with two attached hydrogens (primary N) is 1. The zero-order valence-electron chi connectivity index (χ0n) is 8.97. The van der Waals surface area contributed by atoms with Gasteiger partial charge in [-0.05, 0) is 18.6 Å². The summed E-state index contributed by atoms with van der Waals surface area (Å²) >= 11 is 0. The molecule has 1 aromatic rings. The maximum absolute atomic E-state index is 11.5. The normalized spacial score (nSPS) is 26.1. The van der Waals surface area contributed by atoms with Crippen LogP contribution in [0.15, 0.2) is 18.3 Å². The van der Waals surface area contributed by atoms with Crippen molar-refractivity contribution in [3.63, 3.8) is 0 Å². The first-order valence-corrected chi connectivity index (χ1v) is 5.03. The number of hydrogen-bond acceptors (Lipinski definition) is 3. The minimum absolute atomic E-state index is 0.0226. The van der Waals surface area contributed by atoms with E-state index in [0.717, 1.165) is 11.3 Å². The molecular formula is C11H15N3O. The number of aromatic nitrogens is 1. The third-order valence-corrected chi connectivity index (χ3v) is 2.90. The van der Waals surface area contributed by atoms with Crippen LogP contribution in [0.2, 0.25) is 0 Å². The van der Waals surface area contributed by atoms with Gasteiger partial charge in [-0.25, -0.2) is 0 Å². The molecule has 0 aliphatic carbocycles. The van der Waals surface area contributed by atoms with E-state index in [0.29, 0.717) is 6.42 Å². The number of aryl methyl sites for hydroxylation is 1. The highest BCUT2D eigenvalue weighted by atomic mass is 16.2. The second kappa shape index (κ2) is 3.62. The van der Waals surface area contributed by atoms with E-state index in [1.807, 2.05) is 19.1 Å². The maximum Gasteiger partial charge on any atom is 0.224 e. The third kappa shape index (κ3) is 1.72. The summed E-state index contributed by atoms with van der Waals surface area (Å²) in [5.74, 6) is 0.105. The molecule has 0 aromatic carbocycles. The lowest BCUT2D eigenvalue weighted by Gasteiger charge is -2.22. The van der Waals surface area contributed by atoms with E-state index in [2.05, 4.69) is 4.98 Å². The zero-order valence-corrected chi connectivity index (χ0v) is 8.97. The first kappa shape index (κ1) is 10.1. The van der Waals surface area contributed by atoms with Gasteiger partial charge in [-0.2, -0.15) is 0 Å². The molecule has 2 heterocycles. The topological polar surface area (TPSA) is 59.2 Å². The van der Waals surface area contributed by atoms with Gasteiger partial charge in [0, 0.05) is 31.4 Å². The minimum atomic E-state index is -0.119. The molecule has 2 atom stereocenters. The summed E-state index contributed by atoms with van der Waals surface area (Å²) in [6.45, 7) is 1.94. The van der Waals surface area contributed by atoms with E-state index in [4.69, 9.17) is 5.73 Å². The van der Waals surface area contributed by atoms with Crippen molar-refractivity contribution >= 4 is 5.91 Å². The van der Waals surface area contributed by atoms with Crippen molar-refractivity contribution in [3.8, 4) is 0 Å². The van der Waals surface area contributed by atoms with Crippen molar-refractivity contribution in [2.24, 2.45) is 5.73 Å². The molecule has 1 aliphatic heterocycles. The van der Waals surface area contributed by atoms with Gasteiger partial charge < -0.3 is 10.6 Å². The summed E-state index contributed by atoms with van der Waals surface area (Å²) in [5.41, 5.74) is 7.93. The average Bonchev–Trinajstić information content (AvgIpc) is 2.44. The number of pyridine rings is 1. The molecule has 2 unspecified atom stereocenters. The lowest BCUT2D eigenvalue weighted by molar-refractivity contribution is -0.127. The Morgan fingerprint density at radius 1 is 1.53 bits per heavy atom. The first-order chi connectivity index (χ1) is 7.09. The number of rotatable bonds is 1. The smallest absolute Gasteiger partial charge is 0.224 e. The van der Waals surface area contributed by atoms with E-state index < -0.39 is 0 Å². The van der Waals surface area contributed by atoms with E-state index >= 15 is 0 Å². The third-order valence-electron chi connectivity index (χ3n) is 2.90. The van der Waals surface area contributed by atoms with Gasteiger partial charge in [0.2, 0.25) is 5.91 Å². The molecule has 0 saturated carbocycles. The summed E-state index contributed by atoms with van der Waals surface area (Å²) in [4.78, 5) is 17.4. The second-order valence-corrected chi connectivity index (χ2v) is 4.05. The van der Waals surface area contributed by atoms with Crippen LogP contribution in [0.4, 0.5) is 0 Å². The molecule has 1 aromatic heterocycles. The zero-order chi connectivity index (χ0) is 11.0. The number of hydrogen-bond donors (Lipinski definition) is 1. The van der Waals surface area contributed by atoms with Crippen molar-refractivity contribution in [3.05, 3.63) is 29.6 Å². The fourth-order valence-electron chi connectivity index (χ4n) is 2.02. The predicted octanol–water partition coefficient (Wildman–Crippen LogP) is 0.621. The van der Waals surface area contributed by atoms with Crippen LogP contribution < -0.4 is 5.73 Å². The molecule has 80 valence electrons. The van der Waals surface area contributed by atoms with Crippen molar-refractivity contribution in [2.45, 2.75) is 25.4 Å². The Morgan fingerprint density at radius 2 is 2.27 bits per heavy atom. The van der Waals surface area contributed by atoms with Gasteiger partial charge in [0.1, 0.15) is 0 Å². The van der Waals surface area contributed by atoms with Gasteiger partial charge in [0.05, 0.1) is 6.04 Å². The lowest BCUT2D eigenvalue weighted by Crippen LogP contribution is -2.30. The second-order valence-electron chi connectivity index (χ2n) is 4.05. The summed E-state index contributed by atoms with van der Waals surface area (Å²) in [6.07, 6.45) is 2.23. The molecule has 2 rings (SSSR count). The molecule has 1 saturated heterocycles. The summed E-state index contributed by atoms with van der Waals surface area (Å²) in [6, 6.07) is 3.79. The van der Waals surface area contributed by atoms with Gasteiger partial charge in [-0.15, -0.1) is 0 Å². The van der Waals surface area contributed by atoms with Crippen LogP contribution in [-0.4, -0.2) is 28.9 Å². The summed E-state index contributed by atoms with van der Waals surface area (Å²) < 4.78 is 0. The standard InChI is InChI=1S/C11H15N3O/c1-7-3-4-8(6-13-7)11-9(12)5-10(15)14(11)2/h3-4,6,9,11H,5,12H2,1-2H3. The Hall–Kier alpha value is -1.42. The van der Waals surface area contributed by atoms with Crippen molar-refractivity contribution < 1.29 is 4.79 Å². The molecule has 4 heteroatoms. The van der Waals surface area contributed by atoms with Gasteiger partial charge in [-0.3, -0.25) is 9.78 Å². The first-order valence-electron chi connectivity index (χ1n) is 5.03. The highest BCUT2D eigenvalue weighted by Crippen LogP contribution is 2.29. The Morgan fingerprint density at radius 3 is 2.73 bits per heavy atom. The maximum atomic E-state index is 11.5. The SMILES string of the molecule is Cc1ccc(C2C(N)CC(=O)N2C)cn1. The van der Waals surface area contributed by atoms with Crippen LogP contribution in [0.5, 0.6) is 0 Å². The number of likely N-dealkylation sites (N-methyl/N-ethyl adjacent to an activating group) is 1. The molecule has 4 nitrogen and oxygen atoms in total. The number of likely N-dealkylation sites (tertiary alicyclic amines) is 1. The Labute approximate surface area is 89.1 Å². The molecule has 0 bridgehead atoms. The van der Waals surface area contributed by atoms with E-state index in [9.17, 15) is 4.79 Å². The van der Waals surface area contributed by atoms with Crippen LogP contribution in [0.1, 0.15) is 23.7 Å². The van der Waals surface area contributed by atoms with Crippen molar-refractivity contribution in [1.29, 1.82) is 0 Å². The molecule has 2 N–H and O–H groups in total. The van der Waals surface area contributed by atoms with Crippen molar-refractivity contribution in [2.75, 3.05) is 7.05 Å². The quantitative estimate of drug-likeness (QED) is 0.731. The van der Waals surface area contributed by atoms with Gasteiger partial charge >= 0.3 is 0 Å². The monoisotopic (exact) mass is 205 g/mol. The number of nitrogens with zero attached hydrogens (tertiary/aromatic N) is 2. The average molecular weight is 205 g/mol. The van der Waals surface area contributed by atoms with Crippen LogP contribution in [0.25, 0.3) is 0 Å². The molecular weight excluding hydrogens is 190 g/mol. The fraction of sp³-hybridized carbons (Fsp3) is 0.455. The van der Waals surface area contributed by atoms with Crippen molar-refractivity contribution in [1.82, 2.24) is 9.88 Å². The molecule has 1 fully saturated rings. The fourth-order valence-corrected chi connectivity index (χ4v) is 2.02.